The van der Waals surface area contributed by atoms with Gasteiger partial charge in [0.1, 0.15) is 12.4 Å². The first-order valence-electron chi connectivity index (χ1n) is 10.9. The van der Waals surface area contributed by atoms with E-state index in [4.69, 9.17) is 4.74 Å². The molecule has 4 rings (SSSR count). The van der Waals surface area contributed by atoms with Crippen LogP contribution in [-0.2, 0) is 6.42 Å². The lowest BCUT2D eigenvalue weighted by molar-refractivity contribution is 0.223. The summed E-state index contributed by atoms with van der Waals surface area (Å²) in [6, 6.07) is 27.6. The van der Waals surface area contributed by atoms with Gasteiger partial charge in [-0.25, -0.2) is 0 Å². The molecular formula is C27H30N2O. The van der Waals surface area contributed by atoms with Crippen molar-refractivity contribution in [2.24, 2.45) is 0 Å². The van der Waals surface area contributed by atoms with Crippen LogP contribution in [0.25, 0.3) is 22.2 Å². The topological polar surface area (TPSA) is 28.3 Å². The first-order valence-corrected chi connectivity index (χ1v) is 10.9. The van der Waals surface area contributed by atoms with Crippen molar-refractivity contribution in [1.29, 1.82) is 0 Å². The number of para-hydroxylation sites is 2. The van der Waals surface area contributed by atoms with Gasteiger partial charge in [-0.05, 0) is 42.4 Å². The fraction of sp³-hybridized carbons (Fsp3) is 0.259. The summed E-state index contributed by atoms with van der Waals surface area (Å²) in [6.07, 6.45) is 0.883. The Morgan fingerprint density at radius 1 is 0.800 bits per heavy atom. The predicted octanol–water partition coefficient (Wildman–Crippen LogP) is 6.15. The van der Waals surface area contributed by atoms with Crippen LogP contribution in [0.1, 0.15) is 25.0 Å². The number of aromatic nitrogens is 1. The molecule has 3 heteroatoms. The van der Waals surface area contributed by atoms with E-state index in [2.05, 4.69) is 103 Å². The molecule has 0 bridgehead atoms. The van der Waals surface area contributed by atoms with E-state index in [1.165, 1.54) is 16.5 Å². The van der Waals surface area contributed by atoms with Crippen molar-refractivity contribution in [2.45, 2.75) is 20.3 Å². The van der Waals surface area contributed by atoms with Crippen LogP contribution >= 0.6 is 0 Å². The maximum absolute atomic E-state index is 6.27. The van der Waals surface area contributed by atoms with Crippen molar-refractivity contribution in [2.75, 3.05) is 26.2 Å². The molecule has 0 saturated carbocycles. The highest BCUT2D eigenvalue weighted by atomic mass is 16.5. The van der Waals surface area contributed by atoms with E-state index in [1.54, 1.807) is 0 Å². The fourth-order valence-electron chi connectivity index (χ4n) is 4.04. The average Bonchev–Trinajstić information content (AvgIpc) is 3.16. The molecule has 0 aliphatic heterocycles. The molecule has 0 unspecified atom stereocenters. The quantitative estimate of drug-likeness (QED) is 0.366. The number of ether oxygens (including phenoxy) is 1. The van der Waals surface area contributed by atoms with Gasteiger partial charge in [-0.15, -0.1) is 0 Å². The largest absolute Gasteiger partial charge is 0.492 e. The van der Waals surface area contributed by atoms with Gasteiger partial charge in [0, 0.05) is 29.4 Å². The Balaban J connectivity index is 1.70. The summed E-state index contributed by atoms with van der Waals surface area (Å²) in [7, 11) is 0. The highest BCUT2D eigenvalue weighted by molar-refractivity contribution is 5.92. The zero-order valence-electron chi connectivity index (χ0n) is 17.9. The number of benzene rings is 3. The van der Waals surface area contributed by atoms with E-state index < -0.39 is 0 Å². The van der Waals surface area contributed by atoms with E-state index in [9.17, 15) is 0 Å². The second-order valence-corrected chi connectivity index (χ2v) is 7.56. The zero-order valence-corrected chi connectivity index (χ0v) is 17.9. The Kier molecular flexibility index (Phi) is 6.50. The van der Waals surface area contributed by atoms with Gasteiger partial charge in [0.25, 0.3) is 0 Å². The van der Waals surface area contributed by atoms with Crippen LogP contribution in [0.2, 0.25) is 0 Å². The third-order valence-corrected chi connectivity index (χ3v) is 5.75. The fourth-order valence-corrected chi connectivity index (χ4v) is 4.04. The highest BCUT2D eigenvalue weighted by Crippen LogP contribution is 2.36. The Morgan fingerprint density at radius 2 is 1.50 bits per heavy atom. The smallest absolute Gasteiger partial charge is 0.128 e. The SMILES string of the molecule is CCN(CC)CCOc1ccccc1-c1[nH]c2ccccc2c1Cc1ccccc1. The van der Waals surface area contributed by atoms with Crippen LogP contribution in [0.15, 0.2) is 78.9 Å². The van der Waals surface area contributed by atoms with Crippen LogP contribution in [0.4, 0.5) is 0 Å². The molecule has 0 amide bonds. The molecule has 3 aromatic carbocycles. The first-order chi connectivity index (χ1) is 14.8. The lowest BCUT2D eigenvalue weighted by Gasteiger charge is -2.19. The van der Waals surface area contributed by atoms with Crippen LogP contribution in [0, 0.1) is 0 Å². The molecule has 3 nitrogen and oxygen atoms in total. The minimum Gasteiger partial charge on any atom is -0.492 e. The number of aromatic amines is 1. The normalized spacial score (nSPS) is 11.3. The number of fused-ring (bicyclic) bond motifs is 1. The Morgan fingerprint density at radius 3 is 2.30 bits per heavy atom. The van der Waals surface area contributed by atoms with Gasteiger partial charge in [0.2, 0.25) is 0 Å². The first kappa shape index (κ1) is 20.2. The summed E-state index contributed by atoms with van der Waals surface area (Å²) >= 11 is 0. The van der Waals surface area contributed by atoms with Crippen molar-refractivity contribution in [3.8, 4) is 17.0 Å². The summed E-state index contributed by atoms with van der Waals surface area (Å²) < 4.78 is 6.27. The van der Waals surface area contributed by atoms with Crippen molar-refractivity contribution in [1.82, 2.24) is 9.88 Å². The van der Waals surface area contributed by atoms with E-state index in [-0.39, 0.29) is 0 Å². The number of nitrogens with zero attached hydrogens (tertiary/aromatic N) is 1. The number of rotatable bonds is 9. The summed E-state index contributed by atoms with van der Waals surface area (Å²) in [5, 5.41) is 1.27. The maximum Gasteiger partial charge on any atom is 0.128 e. The predicted molar refractivity (Wildman–Crippen MR) is 126 cm³/mol. The van der Waals surface area contributed by atoms with Crippen LogP contribution < -0.4 is 4.74 Å². The Hall–Kier alpha value is -3.04. The summed E-state index contributed by atoms with van der Waals surface area (Å²) in [5.74, 6) is 0.936. The van der Waals surface area contributed by atoms with Crippen molar-refractivity contribution < 1.29 is 4.74 Å². The molecule has 0 aliphatic rings. The summed E-state index contributed by atoms with van der Waals surface area (Å²) in [6.45, 7) is 8.10. The lowest BCUT2D eigenvalue weighted by Crippen LogP contribution is -2.27. The van der Waals surface area contributed by atoms with Gasteiger partial charge in [-0.3, -0.25) is 0 Å². The number of likely N-dealkylation sites (N-methyl/N-ethyl adjacent to an activating group) is 1. The maximum atomic E-state index is 6.27. The van der Waals surface area contributed by atoms with Crippen LogP contribution in [0.3, 0.4) is 0 Å². The van der Waals surface area contributed by atoms with Gasteiger partial charge in [-0.1, -0.05) is 74.5 Å². The standard InChI is InChI=1S/C27H30N2O/c1-3-29(4-2)18-19-30-26-17-11-9-15-23(26)27-24(20-21-12-6-5-7-13-21)22-14-8-10-16-25(22)28-27/h5-17,28H,3-4,18-20H2,1-2H3. The van der Waals surface area contributed by atoms with Gasteiger partial charge in [0.05, 0.1) is 5.69 Å². The molecule has 0 saturated heterocycles. The average molecular weight is 399 g/mol. The lowest BCUT2D eigenvalue weighted by atomic mass is 9.98. The van der Waals surface area contributed by atoms with Gasteiger partial charge >= 0.3 is 0 Å². The number of hydrogen-bond acceptors (Lipinski definition) is 2. The second-order valence-electron chi connectivity index (χ2n) is 7.56. The number of hydrogen-bond donors (Lipinski definition) is 1. The Bertz CT molecular complexity index is 1080. The number of nitrogens with one attached hydrogen (secondary N) is 1. The van der Waals surface area contributed by atoms with Crippen LogP contribution in [-0.4, -0.2) is 36.1 Å². The molecule has 0 atom stereocenters. The molecular weight excluding hydrogens is 368 g/mol. The molecule has 1 aromatic heterocycles. The van der Waals surface area contributed by atoms with Crippen molar-refractivity contribution in [3.63, 3.8) is 0 Å². The van der Waals surface area contributed by atoms with Gasteiger partial charge < -0.3 is 14.6 Å². The highest BCUT2D eigenvalue weighted by Gasteiger charge is 2.17. The van der Waals surface area contributed by atoms with Crippen molar-refractivity contribution in [3.05, 3.63) is 90.0 Å². The van der Waals surface area contributed by atoms with E-state index in [0.29, 0.717) is 6.61 Å². The molecule has 154 valence electrons. The van der Waals surface area contributed by atoms with Crippen molar-refractivity contribution >= 4 is 10.9 Å². The molecule has 0 aliphatic carbocycles. The molecule has 0 radical (unpaired) electrons. The third kappa shape index (κ3) is 4.42. The number of H-pyrrole nitrogens is 1. The van der Waals surface area contributed by atoms with E-state index >= 15 is 0 Å². The van der Waals surface area contributed by atoms with Crippen LogP contribution in [0.5, 0.6) is 5.75 Å². The van der Waals surface area contributed by atoms with Gasteiger partial charge in [-0.2, -0.15) is 0 Å². The Labute approximate surface area is 179 Å². The van der Waals surface area contributed by atoms with E-state index in [0.717, 1.165) is 48.6 Å². The summed E-state index contributed by atoms with van der Waals surface area (Å²) in [5.41, 5.74) is 6.06. The second kappa shape index (κ2) is 9.64. The van der Waals surface area contributed by atoms with Gasteiger partial charge in [0.15, 0.2) is 0 Å². The monoisotopic (exact) mass is 398 g/mol. The molecule has 0 fully saturated rings. The zero-order chi connectivity index (χ0) is 20.8. The van der Waals surface area contributed by atoms with E-state index in [1.807, 2.05) is 0 Å². The third-order valence-electron chi connectivity index (χ3n) is 5.75. The minimum atomic E-state index is 0.687. The summed E-state index contributed by atoms with van der Waals surface area (Å²) in [4.78, 5) is 6.05. The molecule has 4 aromatic rings. The molecule has 1 heterocycles. The molecule has 30 heavy (non-hydrogen) atoms. The minimum absolute atomic E-state index is 0.687. The molecule has 0 spiro atoms. The molecule has 1 N–H and O–H groups in total.